The van der Waals surface area contributed by atoms with Gasteiger partial charge in [0.2, 0.25) is 5.69 Å². The van der Waals surface area contributed by atoms with Crippen LogP contribution in [0.5, 0.6) is 5.75 Å². The van der Waals surface area contributed by atoms with Crippen molar-refractivity contribution in [3.05, 3.63) is 76.6 Å². The van der Waals surface area contributed by atoms with E-state index in [-0.39, 0.29) is 36.3 Å². The third kappa shape index (κ3) is 5.04. The van der Waals surface area contributed by atoms with Crippen LogP contribution in [0.4, 0.5) is 11.4 Å². The number of non-ortho nitro benzene ring substituents is 1. The van der Waals surface area contributed by atoms with Crippen molar-refractivity contribution in [3.63, 3.8) is 0 Å². The number of hydrogen-bond acceptors (Lipinski definition) is 7. The molecule has 0 aliphatic rings. The van der Waals surface area contributed by atoms with Gasteiger partial charge in [-0.05, 0) is 31.2 Å². The number of para-hydroxylation sites is 1. The first kappa shape index (κ1) is 21.5. The van der Waals surface area contributed by atoms with Crippen molar-refractivity contribution in [2.24, 2.45) is 0 Å². The Balaban J connectivity index is 1.81. The van der Waals surface area contributed by atoms with Gasteiger partial charge in [-0.3, -0.25) is 14.9 Å². The number of likely N-dealkylation sites (N-methyl/N-ethyl adjacent to an activating group) is 1. The van der Waals surface area contributed by atoms with E-state index in [1.807, 2.05) is 18.2 Å². The maximum Gasteiger partial charge on any atom is 0.362 e. The minimum absolute atomic E-state index is 0.0617. The number of nitro benzene ring substituents is 1. The molecule has 0 aliphatic heterocycles. The average molecular weight is 424 g/mol. The van der Waals surface area contributed by atoms with E-state index in [1.165, 1.54) is 40.0 Å². The molecular formula is C21H20N4O6. The van der Waals surface area contributed by atoms with Gasteiger partial charge in [-0.15, -0.1) is 0 Å². The van der Waals surface area contributed by atoms with Crippen LogP contribution in [0.15, 0.2) is 60.8 Å². The van der Waals surface area contributed by atoms with Crippen molar-refractivity contribution >= 4 is 23.3 Å². The monoisotopic (exact) mass is 424 g/mol. The molecule has 1 aromatic heterocycles. The molecule has 0 atom stereocenters. The zero-order valence-electron chi connectivity index (χ0n) is 16.9. The normalized spacial score (nSPS) is 10.4. The van der Waals surface area contributed by atoms with E-state index < -0.39 is 10.9 Å². The summed E-state index contributed by atoms with van der Waals surface area (Å²) in [6.45, 7) is 1.46. The van der Waals surface area contributed by atoms with Crippen LogP contribution in [-0.4, -0.2) is 46.8 Å². The summed E-state index contributed by atoms with van der Waals surface area (Å²) in [5.74, 6) is -0.974. The van der Waals surface area contributed by atoms with Crippen molar-refractivity contribution < 1.29 is 24.0 Å². The number of benzene rings is 2. The molecule has 0 saturated carbocycles. The highest BCUT2D eigenvalue weighted by atomic mass is 16.6. The Labute approximate surface area is 177 Å². The van der Waals surface area contributed by atoms with Gasteiger partial charge in [0.1, 0.15) is 0 Å². The quantitative estimate of drug-likeness (QED) is 0.310. The largest absolute Gasteiger partial charge is 0.479 e. The zero-order valence-corrected chi connectivity index (χ0v) is 16.9. The second-order valence-electron chi connectivity index (χ2n) is 6.36. The fourth-order valence-electron chi connectivity index (χ4n) is 2.70. The van der Waals surface area contributed by atoms with E-state index in [0.29, 0.717) is 11.4 Å². The third-order valence-corrected chi connectivity index (χ3v) is 4.34. The molecule has 0 fully saturated rings. The summed E-state index contributed by atoms with van der Waals surface area (Å²) < 4.78 is 11.9. The lowest BCUT2D eigenvalue weighted by Crippen LogP contribution is -2.31. The summed E-state index contributed by atoms with van der Waals surface area (Å²) in [7, 11) is 1.62. The van der Waals surface area contributed by atoms with Gasteiger partial charge in [0, 0.05) is 24.9 Å². The van der Waals surface area contributed by atoms with E-state index in [1.54, 1.807) is 26.1 Å². The van der Waals surface area contributed by atoms with E-state index in [0.717, 1.165) is 0 Å². The predicted octanol–water partition coefficient (Wildman–Crippen LogP) is 3.00. The van der Waals surface area contributed by atoms with Gasteiger partial charge in [0.05, 0.1) is 23.4 Å². The number of nitrogens with zero attached hydrogens (tertiary/aromatic N) is 4. The van der Waals surface area contributed by atoms with Crippen LogP contribution in [-0.2, 0) is 9.53 Å². The van der Waals surface area contributed by atoms with Crippen LogP contribution in [0.3, 0.4) is 0 Å². The van der Waals surface area contributed by atoms with Crippen LogP contribution in [0, 0.1) is 10.1 Å². The average Bonchev–Trinajstić information content (AvgIpc) is 3.22. The molecule has 0 aliphatic carbocycles. The lowest BCUT2D eigenvalue weighted by molar-refractivity contribution is -0.384. The number of ether oxygens (including phenoxy) is 2. The number of aromatic nitrogens is 2. The summed E-state index contributed by atoms with van der Waals surface area (Å²) in [4.78, 5) is 36.5. The molecule has 31 heavy (non-hydrogen) atoms. The first-order valence-corrected chi connectivity index (χ1v) is 9.36. The van der Waals surface area contributed by atoms with Gasteiger partial charge in [-0.25, -0.2) is 9.48 Å². The second kappa shape index (κ2) is 9.53. The minimum Gasteiger partial charge on any atom is -0.479 e. The molecule has 10 heteroatoms. The Hall–Kier alpha value is -4.21. The Kier molecular flexibility index (Phi) is 6.61. The lowest BCUT2D eigenvalue weighted by Gasteiger charge is -2.17. The number of nitro groups is 1. The molecule has 0 saturated heterocycles. The molecular weight excluding hydrogens is 404 g/mol. The zero-order chi connectivity index (χ0) is 22.4. The first-order valence-electron chi connectivity index (χ1n) is 9.36. The number of esters is 1. The second-order valence-corrected chi connectivity index (χ2v) is 6.36. The van der Waals surface area contributed by atoms with Crippen LogP contribution >= 0.6 is 0 Å². The van der Waals surface area contributed by atoms with Crippen molar-refractivity contribution in [1.82, 2.24) is 9.78 Å². The Morgan fingerprint density at radius 1 is 1.13 bits per heavy atom. The van der Waals surface area contributed by atoms with Crippen molar-refractivity contribution in [3.8, 4) is 11.4 Å². The molecule has 0 unspecified atom stereocenters. The van der Waals surface area contributed by atoms with Crippen molar-refractivity contribution in [2.45, 2.75) is 6.92 Å². The van der Waals surface area contributed by atoms with Gasteiger partial charge < -0.3 is 14.4 Å². The van der Waals surface area contributed by atoms with Crippen molar-refractivity contribution in [1.29, 1.82) is 0 Å². The highest BCUT2D eigenvalue weighted by Crippen LogP contribution is 2.23. The summed E-state index contributed by atoms with van der Waals surface area (Å²) >= 11 is 0. The number of amides is 1. The maximum absolute atomic E-state index is 12.5. The fourth-order valence-corrected chi connectivity index (χ4v) is 2.70. The highest BCUT2D eigenvalue weighted by molar-refractivity contribution is 5.94. The molecule has 160 valence electrons. The predicted molar refractivity (Wildman–Crippen MR) is 112 cm³/mol. The molecule has 3 rings (SSSR count). The summed E-state index contributed by atoms with van der Waals surface area (Å²) in [6, 6.07) is 14.6. The highest BCUT2D eigenvalue weighted by Gasteiger charge is 2.22. The molecule has 10 nitrogen and oxygen atoms in total. The number of hydrogen-bond donors (Lipinski definition) is 0. The van der Waals surface area contributed by atoms with Gasteiger partial charge >= 0.3 is 5.97 Å². The molecule has 0 spiro atoms. The molecule has 3 aromatic rings. The molecule has 0 radical (unpaired) electrons. The van der Waals surface area contributed by atoms with Crippen molar-refractivity contribution in [2.75, 3.05) is 25.2 Å². The topological polar surface area (TPSA) is 117 Å². The molecule has 2 aromatic carbocycles. The van der Waals surface area contributed by atoms with Gasteiger partial charge in [-0.2, -0.15) is 5.10 Å². The van der Waals surface area contributed by atoms with Crippen LogP contribution in [0.1, 0.15) is 17.4 Å². The molecule has 1 amide bonds. The Bertz CT molecular complexity index is 1080. The molecule has 1 heterocycles. The maximum atomic E-state index is 12.5. The van der Waals surface area contributed by atoms with E-state index in [9.17, 15) is 19.7 Å². The van der Waals surface area contributed by atoms with Gasteiger partial charge in [-0.1, -0.05) is 18.2 Å². The fraction of sp³-hybridized carbons (Fsp3) is 0.190. The Morgan fingerprint density at radius 2 is 1.81 bits per heavy atom. The number of anilines is 1. The number of rotatable bonds is 8. The minimum atomic E-state index is -0.706. The van der Waals surface area contributed by atoms with E-state index >= 15 is 0 Å². The molecule has 0 bridgehead atoms. The lowest BCUT2D eigenvalue weighted by atomic mass is 10.3. The van der Waals surface area contributed by atoms with Crippen LogP contribution < -0.4 is 9.64 Å². The van der Waals surface area contributed by atoms with Gasteiger partial charge in [0.15, 0.2) is 12.4 Å². The molecule has 0 N–H and O–H groups in total. The Morgan fingerprint density at radius 3 is 2.42 bits per heavy atom. The van der Waals surface area contributed by atoms with Gasteiger partial charge in [0.25, 0.3) is 11.6 Å². The SMILES string of the molecule is CCOC(=O)c1nn(-c2ccc([N+](=O)[O-])cc2)cc1OCC(=O)N(C)c1ccccc1. The number of carbonyl (C=O) groups is 2. The van der Waals surface area contributed by atoms with E-state index in [4.69, 9.17) is 9.47 Å². The smallest absolute Gasteiger partial charge is 0.362 e. The standard InChI is InChI=1S/C21H20N4O6/c1-3-30-21(27)20-18(31-14-19(26)23(2)15-7-5-4-6-8-15)13-24(22-20)16-9-11-17(12-10-16)25(28)29/h4-13H,3,14H2,1-2H3. The number of carbonyl (C=O) groups excluding carboxylic acids is 2. The van der Waals surface area contributed by atoms with E-state index in [2.05, 4.69) is 5.10 Å². The van der Waals surface area contributed by atoms with Crippen LogP contribution in [0.25, 0.3) is 5.69 Å². The summed E-state index contributed by atoms with van der Waals surface area (Å²) in [6.07, 6.45) is 1.42. The summed E-state index contributed by atoms with van der Waals surface area (Å²) in [5.41, 5.74) is 0.991. The van der Waals surface area contributed by atoms with Crippen LogP contribution in [0.2, 0.25) is 0 Å². The third-order valence-electron chi connectivity index (χ3n) is 4.34. The first-order chi connectivity index (χ1) is 14.9. The summed E-state index contributed by atoms with van der Waals surface area (Å²) in [5, 5.41) is 15.0.